The summed E-state index contributed by atoms with van der Waals surface area (Å²) >= 11 is 0. The molecule has 1 aromatic carbocycles. The third-order valence-electron chi connectivity index (χ3n) is 8.33. The van der Waals surface area contributed by atoms with Gasteiger partial charge in [0.1, 0.15) is 11.6 Å². The van der Waals surface area contributed by atoms with E-state index in [0.717, 1.165) is 22.3 Å². The highest BCUT2D eigenvalue weighted by molar-refractivity contribution is 6.35. The van der Waals surface area contributed by atoms with Crippen LogP contribution in [-0.4, -0.2) is 63.3 Å². The zero-order valence-corrected chi connectivity index (χ0v) is 23.2. The molecule has 0 atom stereocenters. The number of carbonyl (C=O) groups excluding carboxylic acids is 4. The number of benzene rings is 1. The molecule has 6 rings (SSSR count). The highest BCUT2D eigenvalue weighted by Gasteiger charge is 2.55. The molecule has 0 spiro atoms. The second-order valence-corrected chi connectivity index (χ2v) is 11.6. The monoisotopic (exact) mass is 568 g/mol. The van der Waals surface area contributed by atoms with E-state index in [9.17, 15) is 33.5 Å². The number of hydrogen-bond donors (Lipinski definition) is 4. The second kappa shape index (κ2) is 10.3. The molecular weight excluding hydrogens is 535 g/mol. The molecule has 0 saturated heterocycles. The first-order valence-electron chi connectivity index (χ1n) is 13.6. The maximum Gasteiger partial charge on any atom is 0.311 e. The van der Waals surface area contributed by atoms with Crippen molar-refractivity contribution in [1.82, 2.24) is 30.4 Å². The number of nitrogens with zero attached hydrogens (tertiary/aromatic N) is 3. The predicted octanol–water partition coefficient (Wildman–Crippen LogP) is 0.579. The largest absolute Gasteiger partial charge is 0.501 e. The number of hydrogen-bond acceptors (Lipinski definition) is 7. The number of aromatic hydroxyl groups is 1. The number of likely N-dealkylation sites (N-methyl/N-ethyl adjacent to an activating group) is 1. The molecule has 2 saturated carbocycles. The number of nitrogens with one attached hydrogen (secondary N) is 3. The average molecular weight is 569 g/mol. The Hall–Kier alpha value is -4.29. The lowest BCUT2D eigenvalue weighted by Crippen LogP contribution is -2.55. The van der Waals surface area contributed by atoms with Crippen LogP contribution in [0.3, 0.4) is 0 Å². The third kappa shape index (κ3) is 5.16. The van der Waals surface area contributed by atoms with Crippen LogP contribution in [0.15, 0.2) is 23.0 Å². The number of carbonyl (C=O) groups is 4. The molecule has 4 N–H and O–H groups in total. The van der Waals surface area contributed by atoms with Gasteiger partial charge in [-0.25, -0.2) is 9.37 Å². The molecule has 0 unspecified atom stereocenters. The number of fused-ring (bicyclic) bond motifs is 2. The fraction of sp³-hybridized carbons (Fsp3) is 0.500. The van der Waals surface area contributed by atoms with Crippen molar-refractivity contribution in [2.45, 2.75) is 70.1 Å². The van der Waals surface area contributed by atoms with E-state index in [4.69, 9.17) is 0 Å². The Bertz CT molecular complexity index is 1510. The number of aryl methyl sites for hydroxylation is 1. The predicted molar refractivity (Wildman–Crippen MR) is 143 cm³/mol. The van der Waals surface area contributed by atoms with Gasteiger partial charge >= 0.3 is 11.8 Å². The van der Waals surface area contributed by atoms with Crippen LogP contribution in [0.2, 0.25) is 0 Å². The van der Waals surface area contributed by atoms with Crippen molar-refractivity contribution in [2.75, 3.05) is 14.1 Å². The zero-order valence-electron chi connectivity index (χ0n) is 23.2. The van der Waals surface area contributed by atoms with Crippen molar-refractivity contribution < 1.29 is 28.7 Å². The van der Waals surface area contributed by atoms with Gasteiger partial charge in [0.2, 0.25) is 11.7 Å². The van der Waals surface area contributed by atoms with Crippen LogP contribution in [0, 0.1) is 18.2 Å². The van der Waals surface area contributed by atoms with Crippen molar-refractivity contribution in [3.8, 4) is 5.75 Å². The number of rotatable bonds is 6. The van der Waals surface area contributed by atoms with E-state index in [2.05, 4.69) is 20.9 Å². The van der Waals surface area contributed by atoms with Crippen molar-refractivity contribution in [2.24, 2.45) is 5.41 Å². The normalized spacial score (nSPS) is 22.7. The minimum absolute atomic E-state index is 0.00146. The van der Waals surface area contributed by atoms with Crippen LogP contribution in [0.25, 0.3) is 0 Å². The number of aromatic nitrogens is 2. The second-order valence-electron chi connectivity index (χ2n) is 11.6. The standard InChI is InChI=1S/C28H33FN6O6/c1-15-12-16(4-7-18(15)29)13-30-21(37)19-20(36)23(39)35-14-27(26(41)31-17-5-6-17)8-10-28(11-9-27,25(35)32-19)33-22(38)24(40)34(2)3/h4,7,12,17,36H,5-6,8-11,13-14H2,1-3H3,(H,30,37)(H,31,41)(H,33,38). The summed E-state index contributed by atoms with van der Waals surface area (Å²) in [6.07, 6.45) is 2.70. The first-order valence-corrected chi connectivity index (χ1v) is 13.6. The Kier molecular flexibility index (Phi) is 7.08. The summed E-state index contributed by atoms with van der Waals surface area (Å²) in [6.45, 7) is 1.46. The lowest BCUT2D eigenvalue weighted by atomic mass is 9.67. The van der Waals surface area contributed by atoms with E-state index in [1.807, 2.05) is 0 Å². The quantitative estimate of drug-likeness (QED) is 0.371. The molecular formula is C28H33FN6O6. The molecule has 2 aliphatic carbocycles. The van der Waals surface area contributed by atoms with Crippen LogP contribution < -0.4 is 21.5 Å². The molecule has 2 aliphatic heterocycles. The van der Waals surface area contributed by atoms with Crippen molar-refractivity contribution in [1.29, 1.82) is 0 Å². The van der Waals surface area contributed by atoms with Gasteiger partial charge in [-0.1, -0.05) is 12.1 Å². The summed E-state index contributed by atoms with van der Waals surface area (Å²) < 4.78 is 14.8. The van der Waals surface area contributed by atoms with Crippen molar-refractivity contribution >= 4 is 23.6 Å². The first-order chi connectivity index (χ1) is 19.4. The van der Waals surface area contributed by atoms with Crippen LogP contribution in [0.5, 0.6) is 5.75 Å². The van der Waals surface area contributed by atoms with Crippen LogP contribution in [-0.2, 0) is 33.0 Å². The molecule has 3 heterocycles. The molecule has 218 valence electrons. The van der Waals surface area contributed by atoms with E-state index in [1.54, 1.807) is 13.0 Å². The number of halogens is 1. The molecule has 4 amide bonds. The fourth-order valence-corrected chi connectivity index (χ4v) is 5.66. The summed E-state index contributed by atoms with van der Waals surface area (Å²) in [7, 11) is 2.86. The Morgan fingerprint density at radius 3 is 2.44 bits per heavy atom. The molecule has 13 heteroatoms. The highest BCUT2D eigenvalue weighted by Crippen LogP contribution is 2.50. The summed E-state index contributed by atoms with van der Waals surface area (Å²) in [6, 6.07) is 4.42. The average Bonchev–Trinajstić information content (AvgIpc) is 3.78. The fourth-order valence-electron chi connectivity index (χ4n) is 5.66. The summed E-state index contributed by atoms with van der Waals surface area (Å²) in [5.74, 6) is -4.08. The van der Waals surface area contributed by atoms with Gasteiger partial charge < -0.3 is 26.0 Å². The lowest BCUT2D eigenvalue weighted by Gasteiger charge is -2.41. The van der Waals surface area contributed by atoms with Gasteiger partial charge in [0, 0.05) is 33.2 Å². The molecule has 2 bridgehead atoms. The maximum atomic E-state index is 13.6. The van der Waals surface area contributed by atoms with Gasteiger partial charge in [0.05, 0.1) is 11.0 Å². The van der Waals surface area contributed by atoms with E-state index in [-0.39, 0.29) is 56.5 Å². The Labute approximate surface area is 235 Å². The topological polar surface area (TPSA) is 163 Å². The molecule has 12 nitrogen and oxygen atoms in total. The van der Waals surface area contributed by atoms with E-state index in [1.165, 1.54) is 26.2 Å². The SMILES string of the molecule is Cc1cc(CNC(=O)c2nc3n(c(=O)c2O)CC2(C(=O)NC4CC4)CCC3(NC(=O)C(=O)N(C)C)CC2)ccc1F. The summed E-state index contributed by atoms with van der Waals surface area (Å²) in [5, 5.41) is 19.2. The van der Waals surface area contributed by atoms with Crippen LogP contribution in [0.1, 0.15) is 66.0 Å². The summed E-state index contributed by atoms with van der Waals surface area (Å²) in [4.78, 5) is 71.1. The van der Waals surface area contributed by atoms with Gasteiger partial charge in [-0.2, -0.15) is 0 Å². The maximum absolute atomic E-state index is 13.6. The molecule has 2 aromatic rings. The first kappa shape index (κ1) is 28.2. The molecule has 41 heavy (non-hydrogen) atoms. The number of amides is 4. The van der Waals surface area contributed by atoms with Crippen LogP contribution >= 0.6 is 0 Å². The highest BCUT2D eigenvalue weighted by atomic mass is 19.1. The minimum Gasteiger partial charge on any atom is -0.501 e. The minimum atomic E-state index is -1.33. The lowest BCUT2D eigenvalue weighted by molar-refractivity contribution is -0.146. The Balaban J connectivity index is 1.54. The van der Waals surface area contributed by atoms with Gasteiger partial charge in [-0.05, 0) is 62.6 Å². The summed E-state index contributed by atoms with van der Waals surface area (Å²) in [5.41, 5.74) is -2.82. The van der Waals surface area contributed by atoms with E-state index in [0.29, 0.717) is 11.1 Å². The molecule has 4 aliphatic rings. The van der Waals surface area contributed by atoms with Gasteiger partial charge in [0.15, 0.2) is 5.69 Å². The zero-order chi connectivity index (χ0) is 29.7. The van der Waals surface area contributed by atoms with Crippen molar-refractivity contribution in [3.05, 3.63) is 57.0 Å². The third-order valence-corrected chi connectivity index (χ3v) is 8.33. The van der Waals surface area contributed by atoms with Crippen LogP contribution in [0.4, 0.5) is 4.39 Å². The van der Waals surface area contributed by atoms with E-state index < -0.39 is 51.5 Å². The van der Waals surface area contributed by atoms with Gasteiger partial charge in [-0.3, -0.25) is 28.5 Å². The van der Waals surface area contributed by atoms with Gasteiger partial charge in [-0.15, -0.1) is 0 Å². The van der Waals surface area contributed by atoms with Gasteiger partial charge in [0.25, 0.3) is 11.5 Å². The van der Waals surface area contributed by atoms with E-state index >= 15 is 0 Å². The Morgan fingerprint density at radius 1 is 1.15 bits per heavy atom. The Morgan fingerprint density at radius 2 is 1.83 bits per heavy atom. The van der Waals surface area contributed by atoms with Crippen molar-refractivity contribution in [3.63, 3.8) is 0 Å². The molecule has 1 aromatic heterocycles. The smallest absolute Gasteiger partial charge is 0.311 e. The molecule has 0 radical (unpaired) electrons. The molecule has 2 fully saturated rings.